The maximum absolute atomic E-state index is 8.03. The van der Waals surface area contributed by atoms with Gasteiger partial charge in [0.15, 0.2) is 17.4 Å². The van der Waals surface area contributed by atoms with Crippen molar-refractivity contribution >= 4 is 44.6 Å². The molecule has 5 aromatic carbocycles. The number of aromatic nitrogens is 4. The van der Waals surface area contributed by atoms with Crippen molar-refractivity contribution in [3.05, 3.63) is 145 Å². The molecule has 0 radical (unpaired) electrons. The molecule has 44 heavy (non-hydrogen) atoms. The summed E-state index contributed by atoms with van der Waals surface area (Å²) in [6, 6.07) is 45.9. The van der Waals surface area contributed by atoms with Gasteiger partial charge in [0, 0.05) is 61.7 Å². The van der Waals surface area contributed by atoms with Gasteiger partial charge in [0.2, 0.25) is 0 Å². The molecule has 0 atom stereocenters. The standard InChI is InChI=1S/C38H27N4S.Pt/c1-26-10-3-4-13-31(26)27-20-21-39-38(22-27)42-34-15-6-5-14-32(34)33-19-18-30(24-37(33)42)43-29-12-9-11-28(23-29)41-25-40(2)35-16-7-8-17-36(35)41;/h3-22,25H,1-2H3;/q-1;/i2D3;. The molecule has 0 amide bonds. The van der Waals surface area contributed by atoms with E-state index in [-0.39, 0.29) is 21.1 Å². The first-order chi connectivity index (χ1) is 22.3. The number of aryl methyl sites for hydroxylation is 2. The number of fused-ring (bicyclic) bond motifs is 4. The van der Waals surface area contributed by atoms with Crippen LogP contribution in [0.3, 0.4) is 0 Å². The van der Waals surface area contributed by atoms with Gasteiger partial charge in [-0.3, -0.25) is 0 Å². The largest absolute Gasteiger partial charge is 0.319 e. The zero-order chi connectivity index (χ0) is 31.4. The Labute approximate surface area is 279 Å². The summed E-state index contributed by atoms with van der Waals surface area (Å²) in [4.78, 5) is 6.66. The third-order valence-electron chi connectivity index (χ3n) is 7.85. The smallest absolute Gasteiger partial charge is 0.188 e. The van der Waals surface area contributed by atoms with Gasteiger partial charge in [-0.15, -0.1) is 34.2 Å². The number of hydrogen-bond acceptors (Lipinski definition) is 2. The molecule has 0 saturated carbocycles. The summed E-state index contributed by atoms with van der Waals surface area (Å²) in [6.45, 7) is -0.169. The van der Waals surface area contributed by atoms with E-state index in [1.165, 1.54) is 15.7 Å². The van der Waals surface area contributed by atoms with Gasteiger partial charge in [-0.25, -0.2) is 14.1 Å². The molecule has 0 spiro atoms. The van der Waals surface area contributed by atoms with Crippen LogP contribution in [0.25, 0.3) is 55.5 Å². The molecule has 3 heterocycles. The Bertz CT molecular complexity index is 2430. The van der Waals surface area contributed by atoms with Crippen LogP contribution in [0, 0.1) is 19.1 Å². The molecule has 4 nitrogen and oxygen atoms in total. The van der Waals surface area contributed by atoms with Crippen molar-refractivity contribution in [1.82, 2.24) is 18.7 Å². The fourth-order valence-corrected chi connectivity index (χ4v) is 6.66. The third kappa shape index (κ3) is 4.87. The molecule has 0 aliphatic carbocycles. The number of para-hydroxylation sites is 3. The second-order valence-corrected chi connectivity index (χ2v) is 11.6. The van der Waals surface area contributed by atoms with Crippen molar-refractivity contribution in [2.75, 3.05) is 0 Å². The van der Waals surface area contributed by atoms with E-state index in [0.717, 1.165) is 54.2 Å². The van der Waals surface area contributed by atoms with Gasteiger partial charge in [-0.2, -0.15) is 24.3 Å². The Kier molecular flexibility index (Phi) is 6.56. The van der Waals surface area contributed by atoms with E-state index in [9.17, 15) is 0 Å². The van der Waals surface area contributed by atoms with E-state index in [0.29, 0.717) is 5.52 Å². The van der Waals surface area contributed by atoms with Gasteiger partial charge >= 0.3 is 0 Å². The molecule has 0 saturated heterocycles. The predicted octanol–water partition coefficient (Wildman–Crippen LogP) is 9.47. The molecule has 8 aromatic rings. The van der Waals surface area contributed by atoms with Gasteiger partial charge in [0.05, 0.1) is 0 Å². The summed E-state index contributed by atoms with van der Waals surface area (Å²) in [5.41, 5.74) is 7.73. The van der Waals surface area contributed by atoms with Gasteiger partial charge in [-0.05, 0) is 59.3 Å². The molecule has 3 aromatic heterocycles. The average molecular weight is 770 g/mol. The van der Waals surface area contributed by atoms with E-state index >= 15 is 0 Å². The first-order valence-corrected chi connectivity index (χ1v) is 14.9. The normalized spacial score (nSPS) is 12.6. The topological polar surface area (TPSA) is 27.7 Å². The van der Waals surface area contributed by atoms with Gasteiger partial charge < -0.3 is 4.57 Å². The molecular weight excluding hydrogens is 740 g/mol. The van der Waals surface area contributed by atoms with Crippen LogP contribution < -0.4 is 0 Å². The quantitative estimate of drug-likeness (QED) is 0.163. The molecule has 6 heteroatoms. The van der Waals surface area contributed by atoms with Crippen molar-refractivity contribution in [2.45, 2.75) is 16.7 Å². The van der Waals surface area contributed by atoms with Gasteiger partial charge in [0.25, 0.3) is 0 Å². The van der Waals surface area contributed by atoms with Crippen molar-refractivity contribution in [3.8, 4) is 22.6 Å². The molecule has 0 bridgehead atoms. The van der Waals surface area contributed by atoms with Crippen LogP contribution in [0.1, 0.15) is 9.68 Å². The third-order valence-corrected chi connectivity index (χ3v) is 8.77. The summed E-state index contributed by atoms with van der Waals surface area (Å²) in [5, 5.41) is 2.25. The van der Waals surface area contributed by atoms with Gasteiger partial charge in [-0.1, -0.05) is 58.9 Å². The number of benzene rings is 5. The van der Waals surface area contributed by atoms with Gasteiger partial charge in [0.1, 0.15) is 5.82 Å². The molecule has 0 aliphatic rings. The minimum Gasteiger partial charge on any atom is -0.319 e. The molecule has 216 valence electrons. The minimum absolute atomic E-state index is 0. The maximum atomic E-state index is 8.03. The Balaban J connectivity index is 0.00000351. The summed E-state index contributed by atoms with van der Waals surface area (Å²) in [7, 11) is 0. The van der Waals surface area contributed by atoms with Crippen molar-refractivity contribution in [1.29, 1.82) is 0 Å². The first-order valence-electron chi connectivity index (χ1n) is 15.6. The molecule has 0 fully saturated rings. The average Bonchev–Trinajstić information content (AvgIpc) is 3.62. The molecular formula is C38H27N4PtS-. The van der Waals surface area contributed by atoms with E-state index in [4.69, 9.17) is 9.10 Å². The summed E-state index contributed by atoms with van der Waals surface area (Å²) in [5.74, 6) is 0.834. The monoisotopic (exact) mass is 769 g/mol. The van der Waals surface area contributed by atoms with E-state index in [2.05, 4.69) is 96.4 Å². The number of imidazole rings is 1. The van der Waals surface area contributed by atoms with Crippen molar-refractivity contribution in [3.63, 3.8) is 0 Å². The number of hydrogen-bond donors (Lipinski definition) is 0. The van der Waals surface area contributed by atoms with E-state index < -0.39 is 6.98 Å². The van der Waals surface area contributed by atoms with E-state index in [1.54, 1.807) is 18.1 Å². The van der Waals surface area contributed by atoms with Crippen LogP contribution in [0.5, 0.6) is 0 Å². The minimum atomic E-state index is -2.30. The Hall–Kier alpha value is -4.44. The summed E-state index contributed by atoms with van der Waals surface area (Å²) in [6.07, 6.45) is 3.50. The molecule has 0 N–H and O–H groups in total. The van der Waals surface area contributed by atoms with Crippen LogP contribution in [0.15, 0.2) is 138 Å². The SMILES string of the molecule is [2H]C([2H])([2H])n1[cH+]n(-c2[c-]c(Sc3[c-]c4c(cc3)c3ccccc3n4-c3cc(-c4ccccc4C)ccn3)ccc2)c2ccccc21.[Pt]. The second-order valence-electron chi connectivity index (χ2n) is 10.5. The Morgan fingerprint density at radius 2 is 1.52 bits per heavy atom. The van der Waals surface area contributed by atoms with Crippen LogP contribution in [0.2, 0.25) is 0 Å². The fourth-order valence-electron chi connectivity index (χ4n) is 5.83. The van der Waals surface area contributed by atoms with Crippen LogP contribution in [-0.2, 0) is 28.0 Å². The predicted molar refractivity (Wildman–Crippen MR) is 177 cm³/mol. The van der Waals surface area contributed by atoms with Crippen LogP contribution in [0.4, 0.5) is 0 Å². The van der Waals surface area contributed by atoms with Crippen LogP contribution in [-0.4, -0.2) is 18.7 Å². The number of nitrogens with zero attached hydrogens (tertiary/aromatic N) is 4. The van der Waals surface area contributed by atoms with Crippen molar-refractivity contribution in [2.24, 2.45) is 6.98 Å². The van der Waals surface area contributed by atoms with E-state index in [1.807, 2.05) is 53.2 Å². The Morgan fingerprint density at radius 3 is 2.39 bits per heavy atom. The zero-order valence-electron chi connectivity index (χ0n) is 26.6. The second kappa shape index (κ2) is 11.6. The molecule has 0 unspecified atom stereocenters. The first kappa shape index (κ1) is 24.9. The van der Waals surface area contributed by atoms with Crippen molar-refractivity contribution < 1.29 is 25.2 Å². The fraction of sp³-hybridized carbons (Fsp3) is 0.0526. The molecule has 0 aliphatic heterocycles. The van der Waals surface area contributed by atoms with Crippen LogP contribution >= 0.6 is 11.8 Å². The zero-order valence-corrected chi connectivity index (χ0v) is 26.7. The summed E-state index contributed by atoms with van der Waals surface area (Å²) < 4.78 is 29.5. The molecule has 8 rings (SSSR count). The number of rotatable bonds is 5. The summed E-state index contributed by atoms with van der Waals surface area (Å²) >= 11 is 1.57. The maximum Gasteiger partial charge on any atom is 0.188 e. The number of pyridine rings is 1. The Morgan fingerprint density at radius 1 is 0.750 bits per heavy atom.